The monoisotopic (exact) mass is 399 g/mol. The van der Waals surface area contributed by atoms with Gasteiger partial charge in [-0.3, -0.25) is 0 Å². The third-order valence-corrected chi connectivity index (χ3v) is 5.16. The highest BCUT2D eigenvalue weighted by atomic mass is 16.6. The first-order valence-electron chi connectivity index (χ1n) is 10.6. The summed E-state index contributed by atoms with van der Waals surface area (Å²) in [6.45, 7) is 10.9. The van der Waals surface area contributed by atoms with Crippen LogP contribution >= 0.6 is 0 Å². The van der Waals surface area contributed by atoms with E-state index in [-0.39, 0.29) is 18.2 Å². The third-order valence-electron chi connectivity index (χ3n) is 5.16. The van der Waals surface area contributed by atoms with E-state index in [9.17, 15) is 9.59 Å². The zero-order valence-corrected chi connectivity index (χ0v) is 18.1. The Kier molecular flexibility index (Phi) is 8.56. The molecule has 0 aromatic heterocycles. The fourth-order valence-corrected chi connectivity index (χ4v) is 3.61. The van der Waals surface area contributed by atoms with Gasteiger partial charge in [-0.25, -0.2) is 9.59 Å². The van der Waals surface area contributed by atoms with Crippen LogP contribution in [-0.2, 0) is 23.7 Å². The SMILES string of the molecule is C[C@H](OC[C@@H]1CCCCO1)C(=O)O[C@@H](C)[C@@H]1CCCCN1C(=O)OC(C)(C)C. The second kappa shape index (κ2) is 10.4. The summed E-state index contributed by atoms with van der Waals surface area (Å²) >= 11 is 0. The first-order chi connectivity index (χ1) is 13.2. The lowest BCUT2D eigenvalue weighted by Gasteiger charge is -2.39. The van der Waals surface area contributed by atoms with Crippen LogP contribution in [0.2, 0.25) is 0 Å². The third kappa shape index (κ3) is 7.24. The molecule has 0 aromatic carbocycles. The summed E-state index contributed by atoms with van der Waals surface area (Å²) in [7, 11) is 0. The second-order valence-electron chi connectivity index (χ2n) is 8.84. The minimum atomic E-state index is -0.661. The van der Waals surface area contributed by atoms with Crippen molar-refractivity contribution in [3.63, 3.8) is 0 Å². The maximum atomic E-state index is 12.6. The van der Waals surface area contributed by atoms with Crippen LogP contribution in [0.4, 0.5) is 4.79 Å². The molecule has 0 N–H and O–H groups in total. The Morgan fingerprint density at radius 3 is 2.46 bits per heavy atom. The molecule has 4 atom stereocenters. The van der Waals surface area contributed by atoms with Gasteiger partial charge in [0, 0.05) is 13.2 Å². The van der Waals surface area contributed by atoms with Gasteiger partial charge < -0.3 is 23.8 Å². The number of hydrogen-bond acceptors (Lipinski definition) is 6. The molecule has 28 heavy (non-hydrogen) atoms. The minimum absolute atomic E-state index is 0.0578. The molecule has 2 heterocycles. The van der Waals surface area contributed by atoms with Gasteiger partial charge in [0.1, 0.15) is 11.7 Å². The number of hydrogen-bond donors (Lipinski definition) is 0. The lowest BCUT2D eigenvalue weighted by Crippen LogP contribution is -2.52. The van der Waals surface area contributed by atoms with Crippen molar-refractivity contribution in [3.05, 3.63) is 0 Å². The van der Waals surface area contributed by atoms with E-state index in [0.717, 1.165) is 45.1 Å². The van der Waals surface area contributed by atoms with Crippen LogP contribution in [0.1, 0.15) is 73.1 Å². The maximum Gasteiger partial charge on any atom is 0.410 e. The molecule has 0 spiro atoms. The molecule has 2 aliphatic heterocycles. The Morgan fingerprint density at radius 2 is 1.82 bits per heavy atom. The summed E-state index contributed by atoms with van der Waals surface area (Å²) in [6.07, 6.45) is 4.52. The van der Waals surface area contributed by atoms with Gasteiger partial charge in [-0.05, 0) is 73.1 Å². The Bertz CT molecular complexity index is 512. The fourth-order valence-electron chi connectivity index (χ4n) is 3.61. The summed E-state index contributed by atoms with van der Waals surface area (Å²) < 4.78 is 22.5. The van der Waals surface area contributed by atoms with Crippen LogP contribution in [0, 0.1) is 0 Å². The highest BCUT2D eigenvalue weighted by Gasteiger charge is 2.36. The van der Waals surface area contributed by atoms with Crippen molar-refractivity contribution in [1.82, 2.24) is 4.90 Å². The van der Waals surface area contributed by atoms with Crippen molar-refractivity contribution in [1.29, 1.82) is 0 Å². The van der Waals surface area contributed by atoms with Gasteiger partial charge in [-0.1, -0.05) is 0 Å². The molecule has 0 aromatic rings. The molecule has 2 rings (SSSR count). The predicted octanol–water partition coefficient (Wildman–Crippen LogP) is 3.68. The molecule has 7 heteroatoms. The fraction of sp³-hybridized carbons (Fsp3) is 0.905. The van der Waals surface area contributed by atoms with E-state index in [1.807, 2.05) is 27.7 Å². The van der Waals surface area contributed by atoms with E-state index < -0.39 is 23.8 Å². The van der Waals surface area contributed by atoms with Gasteiger partial charge in [0.05, 0.1) is 18.8 Å². The molecule has 2 saturated heterocycles. The van der Waals surface area contributed by atoms with Gasteiger partial charge in [-0.15, -0.1) is 0 Å². The van der Waals surface area contributed by atoms with Crippen LogP contribution in [-0.4, -0.2) is 66.7 Å². The Hall–Kier alpha value is -1.34. The summed E-state index contributed by atoms with van der Waals surface area (Å²) in [5, 5.41) is 0. The van der Waals surface area contributed by atoms with Crippen molar-refractivity contribution >= 4 is 12.1 Å². The zero-order valence-electron chi connectivity index (χ0n) is 18.1. The van der Waals surface area contributed by atoms with Gasteiger partial charge in [0.15, 0.2) is 6.10 Å². The molecule has 0 radical (unpaired) electrons. The van der Waals surface area contributed by atoms with E-state index in [2.05, 4.69) is 0 Å². The van der Waals surface area contributed by atoms with E-state index in [1.165, 1.54) is 0 Å². The number of esters is 1. The topological polar surface area (TPSA) is 74.3 Å². The van der Waals surface area contributed by atoms with Gasteiger partial charge in [0.2, 0.25) is 0 Å². The van der Waals surface area contributed by atoms with Gasteiger partial charge in [0.25, 0.3) is 0 Å². The number of piperidine rings is 1. The average molecular weight is 400 g/mol. The lowest BCUT2D eigenvalue weighted by atomic mass is 9.98. The van der Waals surface area contributed by atoms with Crippen LogP contribution in [0.15, 0.2) is 0 Å². The number of nitrogens with zero attached hydrogens (tertiary/aromatic N) is 1. The Morgan fingerprint density at radius 1 is 1.11 bits per heavy atom. The first kappa shape index (κ1) is 22.9. The van der Waals surface area contributed by atoms with Crippen LogP contribution in [0.3, 0.4) is 0 Å². The molecule has 2 aliphatic rings. The second-order valence-corrected chi connectivity index (χ2v) is 8.84. The number of likely N-dealkylation sites (tertiary alicyclic amines) is 1. The normalized spacial score (nSPS) is 25.7. The minimum Gasteiger partial charge on any atom is -0.459 e. The van der Waals surface area contributed by atoms with E-state index in [0.29, 0.717) is 13.2 Å². The van der Waals surface area contributed by atoms with Crippen molar-refractivity contribution < 1.29 is 28.5 Å². The highest BCUT2D eigenvalue weighted by Crippen LogP contribution is 2.24. The quantitative estimate of drug-likeness (QED) is 0.634. The number of rotatable bonds is 6. The predicted molar refractivity (Wildman–Crippen MR) is 105 cm³/mol. The molecule has 1 amide bonds. The molecular weight excluding hydrogens is 362 g/mol. The number of amides is 1. The largest absolute Gasteiger partial charge is 0.459 e. The average Bonchev–Trinajstić information content (AvgIpc) is 2.65. The smallest absolute Gasteiger partial charge is 0.410 e. The van der Waals surface area contributed by atoms with Crippen LogP contribution in [0.5, 0.6) is 0 Å². The maximum absolute atomic E-state index is 12.6. The number of ether oxygens (including phenoxy) is 4. The molecule has 2 fully saturated rings. The van der Waals surface area contributed by atoms with Crippen molar-refractivity contribution in [2.24, 2.45) is 0 Å². The van der Waals surface area contributed by atoms with E-state index >= 15 is 0 Å². The van der Waals surface area contributed by atoms with Crippen molar-refractivity contribution in [3.8, 4) is 0 Å². The van der Waals surface area contributed by atoms with E-state index in [1.54, 1.807) is 11.8 Å². The Labute approximate surface area is 169 Å². The number of carbonyl (C=O) groups excluding carboxylic acids is 2. The summed E-state index contributed by atoms with van der Waals surface area (Å²) in [5.41, 5.74) is -0.553. The summed E-state index contributed by atoms with van der Waals surface area (Å²) in [6, 6.07) is -0.179. The molecule has 0 unspecified atom stereocenters. The summed E-state index contributed by atoms with van der Waals surface area (Å²) in [5.74, 6) is -0.405. The van der Waals surface area contributed by atoms with Crippen LogP contribution < -0.4 is 0 Å². The molecule has 0 bridgehead atoms. The standard InChI is InChI=1S/C21H37NO6/c1-15(18-11-6-8-12-22(18)20(24)28-21(3,4)5)27-19(23)16(2)26-14-17-10-7-9-13-25-17/h15-18H,6-14H2,1-5H3/t15-,16-,17-,18-/m0/s1. The highest BCUT2D eigenvalue weighted by molar-refractivity contribution is 5.74. The first-order valence-corrected chi connectivity index (χ1v) is 10.6. The van der Waals surface area contributed by atoms with Crippen LogP contribution in [0.25, 0.3) is 0 Å². The lowest BCUT2D eigenvalue weighted by molar-refractivity contribution is -0.167. The zero-order chi connectivity index (χ0) is 20.7. The number of carbonyl (C=O) groups is 2. The Balaban J connectivity index is 1.84. The van der Waals surface area contributed by atoms with Crippen molar-refractivity contribution in [2.45, 2.75) is 103 Å². The van der Waals surface area contributed by atoms with Gasteiger partial charge >= 0.3 is 12.1 Å². The molecule has 7 nitrogen and oxygen atoms in total. The molecule has 162 valence electrons. The van der Waals surface area contributed by atoms with Gasteiger partial charge in [-0.2, -0.15) is 0 Å². The molecule has 0 saturated carbocycles. The molecular formula is C21H37NO6. The molecule has 0 aliphatic carbocycles. The summed E-state index contributed by atoms with van der Waals surface area (Å²) in [4.78, 5) is 26.7. The van der Waals surface area contributed by atoms with E-state index in [4.69, 9.17) is 18.9 Å². The van der Waals surface area contributed by atoms with Crippen molar-refractivity contribution in [2.75, 3.05) is 19.8 Å².